The van der Waals surface area contributed by atoms with E-state index in [9.17, 15) is 14.4 Å². The van der Waals surface area contributed by atoms with Crippen molar-refractivity contribution in [3.8, 4) is 0 Å². The minimum Gasteiger partial charge on any atom is -0.481 e. The number of carbonyl (C=O) groups excluding carboxylic acids is 2. The topological polar surface area (TPSA) is 86.7 Å². The van der Waals surface area contributed by atoms with Crippen LogP contribution in [0, 0.1) is 0 Å². The molecule has 0 heterocycles. The van der Waals surface area contributed by atoms with Gasteiger partial charge in [0.25, 0.3) is 0 Å². The van der Waals surface area contributed by atoms with Gasteiger partial charge in [0, 0.05) is 17.8 Å². The molecule has 6 nitrogen and oxygen atoms in total. The molecule has 0 bridgehead atoms. The van der Waals surface area contributed by atoms with Crippen molar-refractivity contribution in [3.05, 3.63) is 29.8 Å². The minimum absolute atomic E-state index is 0.000934. The number of carbonyl (C=O) groups is 3. The second-order valence-corrected chi connectivity index (χ2v) is 4.70. The van der Waals surface area contributed by atoms with E-state index < -0.39 is 5.97 Å². The molecule has 1 aromatic carbocycles. The monoisotopic (exact) mass is 292 g/mol. The normalized spacial score (nSPS) is 10.4. The lowest BCUT2D eigenvalue weighted by Gasteiger charge is -2.18. The first kappa shape index (κ1) is 16.8. The van der Waals surface area contributed by atoms with Crippen molar-refractivity contribution in [1.82, 2.24) is 4.90 Å². The highest BCUT2D eigenvalue weighted by molar-refractivity contribution is 5.97. The Labute approximate surface area is 123 Å². The van der Waals surface area contributed by atoms with Crippen molar-refractivity contribution < 1.29 is 19.5 Å². The first-order chi connectivity index (χ1) is 9.92. The molecule has 0 aliphatic heterocycles. The summed E-state index contributed by atoms with van der Waals surface area (Å²) in [5.74, 6) is -1.19. The predicted octanol–water partition coefficient (Wildman–Crippen LogP) is 1.62. The van der Waals surface area contributed by atoms with Gasteiger partial charge >= 0.3 is 5.97 Å². The van der Waals surface area contributed by atoms with Gasteiger partial charge in [-0.1, -0.05) is 19.1 Å². The van der Waals surface area contributed by atoms with Crippen LogP contribution in [0.25, 0.3) is 0 Å². The van der Waals surface area contributed by atoms with Gasteiger partial charge in [-0.05, 0) is 25.6 Å². The zero-order chi connectivity index (χ0) is 15.8. The van der Waals surface area contributed by atoms with E-state index >= 15 is 0 Å². The van der Waals surface area contributed by atoms with E-state index in [-0.39, 0.29) is 24.7 Å². The molecule has 0 fully saturated rings. The van der Waals surface area contributed by atoms with Gasteiger partial charge in [0.05, 0.1) is 13.0 Å². The average molecular weight is 292 g/mol. The van der Waals surface area contributed by atoms with Crippen molar-refractivity contribution in [1.29, 1.82) is 0 Å². The number of hydrogen-bond acceptors (Lipinski definition) is 4. The van der Waals surface area contributed by atoms with Crippen molar-refractivity contribution in [2.75, 3.05) is 25.0 Å². The second-order valence-electron chi connectivity index (χ2n) is 4.70. The molecule has 114 valence electrons. The predicted molar refractivity (Wildman–Crippen MR) is 79.4 cm³/mol. The molecule has 0 aliphatic rings. The van der Waals surface area contributed by atoms with Crippen molar-refractivity contribution in [3.63, 3.8) is 0 Å². The minimum atomic E-state index is -0.886. The highest BCUT2D eigenvalue weighted by Crippen LogP contribution is 2.11. The molecule has 0 saturated carbocycles. The van der Waals surface area contributed by atoms with Gasteiger partial charge in [0.1, 0.15) is 0 Å². The Morgan fingerprint density at radius 1 is 1.29 bits per heavy atom. The first-order valence-corrected chi connectivity index (χ1v) is 6.77. The summed E-state index contributed by atoms with van der Waals surface area (Å²) in [5.41, 5.74) is 1.09. The summed E-state index contributed by atoms with van der Waals surface area (Å²) in [5, 5.41) is 11.4. The van der Waals surface area contributed by atoms with Crippen molar-refractivity contribution >= 4 is 23.3 Å². The average Bonchev–Trinajstić information content (AvgIpc) is 2.43. The molecule has 1 rings (SSSR count). The Balaban J connectivity index is 2.57. The van der Waals surface area contributed by atoms with Crippen molar-refractivity contribution in [2.24, 2.45) is 0 Å². The second kappa shape index (κ2) is 8.16. The smallest absolute Gasteiger partial charge is 0.304 e. The maximum atomic E-state index is 11.9. The van der Waals surface area contributed by atoms with Gasteiger partial charge in [-0.15, -0.1) is 0 Å². The fraction of sp³-hybridized carbons (Fsp3) is 0.400. The van der Waals surface area contributed by atoms with E-state index in [1.165, 1.54) is 6.92 Å². The van der Waals surface area contributed by atoms with Gasteiger partial charge in [-0.3, -0.25) is 19.3 Å². The molecule has 6 heteroatoms. The number of carboxylic acids is 1. The Morgan fingerprint density at radius 2 is 2.00 bits per heavy atom. The van der Waals surface area contributed by atoms with E-state index in [0.29, 0.717) is 24.3 Å². The van der Waals surface area contributed by atoms with Crippen LogP contribution in [0.1, 0.15) is 30.6 Å². The summed E-state index contributed by atoms with van der Waals surface area (Å²) in [4.78, 5) is 35.5. The van der Waals surface area contributed by atoms with E-state index in [1.54, 1.807) is 29.2 Å². The summed E-state index contributed by atoms with van der Waals surface area (Å²) >= 11 is 0. The van der Waals surface area contributed by atoms with Crippen LogP contribution in [0.4, 0.5) is 5.69 Å². The summed E-state index contributed by atoms with van der Waals surface area (Å²) < 4.78 is 0. The number of benzene rings is 1. The highest BCUT2D eigenvalue weighted by atomic mass is 16.4. The SMILES string of the molecule is CCN(CCC(=O)O)CC(=O)Nc1cccc(C(C)=O)c1. The number of rotatable bonds is 8. The summed E-state index contributed by atoms with van der Waals surface area (Å²) in [7, 11) is 0. The molecule has 21 heavy (non-hydrogen) atoms. The van der Waals surface area contributed by atoms with E-state index in [1.807, 2.05) is 6.92 Å². The molecule has 1 aromatic rings. The Kier molecular flexibility index (Phi) is 6.55. The molecule has 1 amide bonds. The number of anilines is 1. The first-order valence-electron chi connectivity index (χ1n) is 6.77. The Morgan fingerprint density at radius 3 is 2.57 bits per heavy atom. The maximum Gasteiger partial charge on any atom is 0.304 e. The van der Waals surface area contributed by atoms with E-state index in [0.717, 1.165) is 0 Å². The molecule has 0 atom stereocenters. The molecular formula is C15H20N2O4. The van der Waals surface area contributed by atoms with Crippen LogP contribution in [0.5, 0.6) is 0 Å². The number of likely N-dealkylation sites (N-methyl/N-ethyl adjacent to an activating group) is 1. The number of nitrogens with zero attached hydrogens (tertiary/aromatic N) is 1. The molecule has 0 saturated heterocycles. The third-order valence-electron chi connectivity index (χ3n) is 3.01. The number of aliphatic carboxylic acids is 1. The van der Waals surface area contributed by atoms with Crippen LogP contribution in [0.15, 0.2) is 24.3 Å². The zero-order valence-electron chi connectivity index (χ0n) is 12.3. The fourth-order valence-electron chi connectivity index (χ4n) is 1.82. The molecule has 0 spiro atoms. The standard InChI is InChI=1S/C15H20N2O4/c1-3-17(8-7-15(20)21)10-14(19)16-13-6-4-5-12(9-13)11(2)18/h4-6,9H,3,7-8,10H2,1-2H3,(H,16,19)(H,20,21). The quantitative estimate of drug-likeness (QED) is 0.711. The molecule has 0 unspecified atom stereocenters. The van der Waals surface area contributed by atoms with Gasteiger partial charge < -0.3 is 10.4 Å². The molecule has 0 aromatic heterocycles. The van der Waals surface area contributed by atoms with Gasteiger partial charge in [-0.25, -0.2) is 0 Å². The number of ketones is 1. The third-order valence-corrected chi connectivity index (χ3v) is 3.01. The van der Waals surface area contributed by atoms with Crippen LogP contribution in [-0.4, -0.2) is 47.3 Å². The van der Waals surface area contributed by atoms with Crippen molar-refractivity contribution in [2.45, 2.75) is 20.3 Å². The van der Waals surface area contributed by atoms with E-state index in [2.05, 4.69) is 5.32 Å². The number of carboxylic acid groups (broad SMARTS) is 1. The molecule has 0 radical (unpaired) electrons. The number of amides is 1. The Bertz CT molecular complexity index is 528. The van der Waals surface area contributed by atoms with Crippen LogP contribution >= 0.6 is 0 Å². The maximum absolute atomic E-state index is 11.9. The zero-order valence-corrected chi connectivity index (χ0v) is 12.3. The number of Topliss-reactive ketones (excluding diaryl/α,β-unsaturated/α-hetero) is 1. The van der Waals surface area contributed by atoms with E-state index in [4.69, 9.17) is 5.11 Å². The molecule has 2 N–H and O–H groups in total. The summed E-state index contributed by atoms with van der Waals surface area (Å²) in [6.07, 6.45) is 0.000934. The van der Waals surface area contributed by atoms with Crippen LogP contribution in [0.2, 0.25) is 0 Å². The van der Waals surface area contributed by atoms with Crippen LogP contribution < -0.4 is 5.32 Å². The Hall–Kier alpha value is -2.21. The van der Waals surface area contributed by atoms with Gasteiger partial charge in [-0.2, -0.15) is 0 Å². The summed E-state index contributed by atoms with van der Waals surface area (Å²) in [6.45, 7) is 4.37. The number of hydrogen-bond donors (Lipinski definition) is 2. The lowest BCUT2D eigenvalue weighted by molar-refractivity contribution is -0.137. The lowest BCUT2D eigenvalue weighted by atomic mass is 10.1. The van der Waals surface area contributed by atoms with Gasteiger partial charge in [0.2, 0.25) is 5.91 Å². The van der Waals surface area contributed by atoms with Crippen LogP contribution in [-0.2, 0) is 9.59 Å². The fourth-order valence-corrected chi connectivity index (χ4v) is 1.82. The number of nitrogens with one attached hydrogen (secondary N) is 1. The van der Waals surface area contributed by atoms with Crippen LogP contribution in [0.3, 0.4) is 0 Å². The highest BCUT2D eigenvalue weighted by Gasteiger charge is 2.11. The lowest BCUT2D eigenvalue weighted by Crippen LogP contribution is -2.34. The third kappa shape index (κ3) is 6.18. The molecule has 0 aliphatic carbocycles. The summed E-state index contributed by atoms with van der Waals surface area (Å²) in [6, 6.07) is 6.71. The molecular weight excluding hydrogens is 272 g/mol. The van der Waals surface area contributed by atoms with Gasteiger partial charge in [0.15, 0.2) is 5.78 Å². The largest absolute Gasteiger partial charge is 0.481 e.